The van der Waals surface area contributed by atoms with Gasteiger partial charge in [0.05, 0.1) is 23.1 Å². The number of rotatable bonds is 2. The average Bonchev–Trinajstić information content (AvgIpc) is 2.86. The van der Waals surface area contributed by atoms with Gasteiger partial charge in [-0.1, -0.05) is 0 Å². The predicted octanol–water partition coefficient (Wildman–Crippen LogP) is 1.19. The number of nitrogens with zero attached hydrogens (tertiary/aromatic N) is 4. The smallest absolute Gasteiger partial charge is 0.272 e. The molecule has 6 heteroatoms. The Balaban J connectivity index is 2.25. The molecule has 2 rings (SSSR count). The summed E-state index contributed by atoms with van der Waals surface area (Å²) in [5, 5.41) is 15.6. The summed E-state index contributed by atoms with van der Waals surface area (Å²) in [7, 11) is 3.53. The van der Waals surface area contributed by atoms with Gasteiger partial charge in [-0.25, -0.2) is 0 Å². The normalized spacial score (nSPS) is 10.1. The molecule has 2 aromatic rings. The Kier molecular flexibility index (Phi) is 2.90. The van der Waals surface area contributed by atoms with Crippen LogP contribution in [0.25, 0.3) is 0 Å². The Labute approximate surface area is 104 Å². The monoisotopic (exact) mass is 243 g/mol. The molecule has 0 unspecified atom stereocenters. The lowest BCUT2D eigenvalue weighted by atomic mass is 10.3. The van der Waals surface area contributed by atoms with Crippen LogP contribution in [-0.2, 0) is 14.1 Å². The van der Waals surface area contributed by atoms with Crippen molar-refractivity contribution in [2.24, 2.45) is 14.1 Å². The summed E-state index contributed by atoms with van der Waals surface area (Å²) in [5.74, 6) is -0.255. The van der Waals surface area contributed by atoms with Crippen LogP contribution < -0.4 is 5.32 Å². The van der Waals surface area contributed by atoms with Crippen molar-refractivity contribution < 1.29 is 4.79 Å². The minimum Gasteiger partial charge on any atom is -0.345 e. The highest BCUT2D eigenvalue weighted by Crippen LogP contribution is 2.14. The number of amides is 1. The van der Waals surface area contributed by atoms with Gasteiger partial charge < -0.3 is 9.88 Å². The Hall–Kier alpha value is -2.55. The van der Waals surface area contributed by atoms with Crippen molar-refractivity contribution in [3.05, 3.63) is 35.4 Å². The molecule has 0 aliphatic rings. The third-order valence-corrected chi connectivity index (χ3v) is 2.85. The van der Waals surface area contributed by atoms with Gasteiger partial charge in [-0.2, -0.15) is 10.4 Å². The molecule has 0 saturated heterocycles. The van der Waals surface area contributed by atoms with E-state index in [4.69, 9.17) is 5.26 Å². The van der Waals surface area contributed by atoms with Gasteiger partial charge >= 0.3 is 0 Å². The molecule has 0 spiro atoms. The number of hydrogen-bond acceptors (Lipinski definition) is 3. The van der Waals surface area contributed by atoms with E-state index >= 15 is 0 Å². The molecule has 92 valence electrons. The van der Waals surface area contributed by atoms with E-state index in [0.29, 0.717) is 16.9 Å². The van der Waals surface area contributed by atoms with E-state index in [-0.39, 0.29) is 5.91 Å². The molecule has 2 heterocycles. The molecule has 0 fully saturated rings. The highest BCUT2D eigenvalue weighted by atomic mass is 16.2. The number of anilines is 1. The van der Waals surface area contributed by atoms with Gasteiger partial charge in [0.1, 0.15) is 11.8 Å². The van der Waals surface area contributed by atoms with Gasteiger partial charge in [0.2, 0.25) is 0 Å². The van der Waals surface area contributed by atoms with Gasteiger partial charge in [0.25, 0.3) is 5.91 Å². The molecule has 1 N–H and O–H groups in total. The topological polar surface area (TPSA) is 75.6 Å². The second-order valence-electron chi connectivity index (χ2n) is 4.06. The summed E-state index contributed by atoms with van der Waals surface area (Å²) in [4.78, 5) is 12.0. The summed E-state index contributed by atoms with van der Waals surface area (Å²) < 4.78 is 3.31. The lowest BCUT2D eigenvalue weighted by molar-refractivity contribution is 0.101. The third-order valence-electron chi connectivity index (χ3n) is 2.85. The maximum absolute atomic E-state index is 12.0. The molecule has 2 aromatic heterocycles. The third kappa shape index (κ3) is 1.98. The maximum atomic E-state index is 12.0. The van der Waals surface area contributed by atoms with Crippen molar-refractivity contribution in [2.45, 2.75) is 6.92 Å². The number of nitrogens with one attached hydrogen (secondary N) is 1. The van der Waals surface area contributed by atoms with Crippen LogP contribution >= 0.6 is 0 Å². The lowest BCUT2D eigenvalue weighted by Gasteiger charge is -2.05. The van der Waals surface area contributed by atoms with Crippen LogP contribution in [0.4, 0.5) is 5.69 Å². The second-order valence-corrected chi connectivity index (χ2v) is 4.06. The molecule has 1 amide bonds. The van der Waals surface area contributed by atoms with E-state index < -0.39 is 0 Å². The summed E-state index contributed by atoms with van der Waals surface area (Å²) in [6.45, 7) is 1.87. The summed E-state index contributed by atoms with van der Waals surface area (Å²) in [6, 6.07) is 3.56. The van der Waals surface area contributed by atoms with E-state index in [1.165, 1.54) is 0 Å². The number of hydrogen-bond donors (Lipinski definition) is 1. The standard InChI is InChI=1S/C12H13N5O/c1-8-10(6-14-17(8)3)15-12(18)11-4-9(5-13)7-16(11)2/h4,6-7H,1-3H3,(H,15,18). The summed E-state index contributed by atoms with van der Waals surface area (Å²) >= 11 is 0. The first-order valence-corrected chi connectivity index (χ1v) is 5.39. The van der Waals surface area contributed by atoms with Crippen LogP contribution in [0.3, 0.4) is 0 Å². The fourth-order valence-corrected chi connectivity index (χ4v) is 1.66. The highest BCUT2D eigenvalue weighted by Gasteiger charge is 2.14. The first-order valence-electron chi connectivity index (χ1n) is 5.39. The van der Waals surface area contributed by atoms with Crippen LogP contribution in [-0.4, -0.2) is 20.3 Å². The number of carbonyl (C=O) groups is 1. The van der Waals surface area contributed by atoms with E-state index in [1.54, 1.807) is 41.8 Å². The van der Waals surface area contributed by atoms with Crippen LogP contribution in [0.5, 0.6) is 0 Å². The van der Waals surface area contributed by atoms with Crippen molar-refractivity contribution in [3.63, 3.8) is 0 Å². The van der Waals surface area contributed by atoms with Gasteiger partial charge in [-0.15, -0.1) is 0 Å². The van der Waals surface area contributed by atoms with E-state index in [0.717, 1.165) is 5.69 Å². The van der Waals surface area contributed by atoms with E-state index in [1.807, 2.05) is 13.0 Å². The lowest BCUT2D eigenvalue weighted by Crippen LogP contribution is -2.15. The van der Waals surface area contributed by atoms with Crippen LogP contribution in [0.15, 0.2) is 18.5 Å². The molecule has 0 aliphatic carbocycles. The average molecular weight is 243 g/mol. The first kappa shape index (κ1) is 11.9. The zero-order valence-electron chi connectivity index (χ0n) is 10.4. The van der Waals surface area contributed by atoms with Gasteiger partial charge in [-0.05, 0) is 13.0 Å². The molecular weight excluding hydrogens is 230 g/mol. The molecule has 0 saturated carbocycles. The number of aryl methyl sites for hydroxylation is 2. The zero-order chi connectivity index (χ0) is 13.3. The van der Waals surface area contributed by atoms with E-state index in [2.05, 4.69) is 10.4 Å². The molecule has 6 nitrogen and oxygen atoms in total. The molecule has 0 bridgehead atoms. The van der Waals surface area contributed by atoms with Gasteiger partial charge in [-0.3, -0.25) is 9.48 Å². The van der Waals surface area contributed by atoms with Crippen molar-refractivity contribution in [2.75, 3.05) is 5.32 Å². The Morgan fingerprint density at radius 3 is 2.72 bits per heavy atom. The molecular formula is C12H13N5O. The fourth-order valence-electron chi connectivity index (χ4n) is 1.66. The van der Waals surface area contributed by atoms with Crippen LogP contribution in [0, 0.1) is 18.3 Å². The van der Waals surface area contributed by atoms with Crippen molar-refractivity contribution >= 4 is 11.6 Å². The number of aromatic nitrogens is 3. The van der Waals surface area contributed by atoms with Crippen molar-refractivity contribution in [3.8, 4) is 6.07 Å². The predicted molar refractivity (Wildman–Crippen MR) is 66.0 cm³/mol. The largest absolute Gasteiger partial charge is 0.345 e. The highest BCUT2D eigenvalue weighted by molar-refractivity contribution is 6.03. The van der Waals surface area contributed by atoms with Crippen LogP contribution in [0.1, 0.15) is 21.7 Å². The minimum absolute atomic E-state index is 0.255. The Morgan fingerprint density at radius 1 is 1.50 bits per heavy atom. The Morgan fingerprint density at radius 2 is 2.22 bits per heavy atom. The Bertz CT molecular complexity index is 644. The van der Waals surface area contributed by atoms with Gasteiger partial charge in [0.15, 0.2) is 0 Å². The molecule has 0 radical (unpaired) electrons. The van der Waals surface area contributed by atoms with Crippen molar-refractivity contribution in [1.82, 2.24) is 14.3 Å². The summed E-state index contributed by atoms with van der Waals surface area (Å²) in [5.41, 5.74) is 2.45. The fraction of sp³-hybridized carbons (Fsp3) is 0.250. The van der Waals surface area contributed by atoms with Crippen molar-refractivity contribution in [1.29, 1.82) is 5.26 Å². The number of carbonyl (C=O) groups excluding carboxylic acids is 1. The van der Waals surface area contributed by atoms with E-state index in [9.17, 15) is 4.79 Å². The molecule has 0 aliphatic heterocycles. The summed E-state index contributed by atoms with van der Waals surface area (Å²) in [6.07, 6.45) is 3.21. The maximum Gasteiger partial charge on any atom is 0.272 e. The minimum atomic E-state index is -0.255. The molecule has 18 heavy (non-hydrogen) atoms. The quantitative estimate of drug-likeness (QED) is 0.860. The van der Waals surface area contributed by atoms with Gasteiger partial charge in [0, 0.05) is 20.3 Å². The number of nitriles is 1. The SMILES string of the molecule is Cc1c(NC(=O)c2cc(C#N)cn2C)cnn1C. The first-order chi connectivity index (χ1) is 8.52. The zero-order valence-corrected chi connectivity index (χ0v) is 10.4. The molecule has 0 atom stereocenters. The van der Waals surface area contributed by atoms with Crippen LogP contribution in [0.2, 0.25) is 0 Å². The molecule has 0 aromatic carbocycles. The second kappa shape index (κ2) is 4.37.